The molecule has 0 atom stereocenters. The molecule has 0 bridgehead atoms. The first kappa shape index (κ1) is 17.5. The molecule has 27 heavy (non-hydrogen) atoms. The van der Waals surface area contributed by atoms with Gasteiger partial charge in [0, 0.05) is 43.7 Å². The number of para-hydroxylation sites is 1. The maximum atomic E-state index is 13.1. The minimum Gasteiger partial charge on any atom is -0.368 e. The number of nitrogens with zero attached hydrogens (tertiary/aromatic N) is 4. The van der Waals surface area contributed by atoms with Crippen LogP contribution in [0, 0.1) is 12.7 Å². The van der Waals surface area contributed by atoms with E-state index in [9.17, 15) is 9.18 Å². The fourth-order valence-electron chi connectivity index (χ4n) is 3.72. The van der Waals surface area contributed by atoms with E-state index < -0.39 is 0 Å². The molecule has 0 aliphatic carbocycles. The first-order valence-electron chi connectivity index (χ1n) is 9.31. The number of benzene rings is 2. The lowest BCUT2D eigenvalue weighted by Crippen LogP contribution is -2.49. The number of anilines is 1. The van der Waals surface area contributed by atoms with Gasteiger partial charge in [-0.1, -0.05) is 18.2 Å². The average Bonchev–Trinajstić information content (AvgIpc) is 3.11. The molecule has 1 aliphatic heterocycles. The largest absolute Gasteiger partial charge is 0.368 e. The van der Waals surface area contributed by atoms with Crippen molar-refractivity contribution in [2.75, 3.05) is 31.1 Å². The number of rotatable bonds is 4. The van der Waals surface area contributed by atoms with Gasteiger partial charge in [0.15, 0.2) is 0 Å². The Balaban J connectivity index is 1.34. The predicted molar refractivity (Wildman–Crippen MR) is 104 cm³/mol. The van der Waals surface area contributed by atoms with Gasteiger partial charge in [-0.2, -0.15) is 5.10 Å². The van der Waals surface area contributed by atoms with Crippen molar-refractivity contribution in [2.24, 2.45) is 0 Å². The SMILES string of the molecule is Cc1cccc2cnn(CCC(=O)N3CCN(c4ccc(F)cc4)CC3)c12. The number of halogens is 1. The van der Waals surface area contributed by atoms with E-state index in [1.165, 1.54) is 17.7 Å². The summed E-state index contributed by atoms with van der Waals surface area (Å²) in [5.74, 6) is -0.0695. The van der Waals surface area contributed by atoms with Gasteiger partial charge in [0.25, 0.3) is 0 Å². The topological polar surface area (TPSA) is 41.4 Å². The highest BCUT2D eigenvalue weighted by Gasteiger charge is 2.21. The molecule has 2 aromatic carbocycles. The predicted octanol–water partition coefficient (Wildman–Crippen LogP) is 3.22. The zero-order chi connectivity index (χ0) is 18.8. The van der Waals surface area contributed by atoms with Crippen molar-refractivity contribution in [3.05, 3.63) is 60.0 Å². The number of carbonyl (C=O) groups excluding carboxylic acids is 1. The monoisotopic (exact) mass is 366 g/mol. The molecule has 1 aliphatic rings. The van der Waals surface area contributed by atoms with Crippen molar-refractivity contribution in [2.45, 2.75) is 19.9 Å². The Morgan fingerprint density at radius 2 is 1.81 bits per heavy atom. The van der Waals surface area contributed by atoms with Crippen LogP contribution in [0.5, 0.6) is 0 Å². The molecule has 5 nitrogen and oxygen atoms in total. The van der Waals surface area contributed by atoms with Gasteiger partial charge in [0.2, 0.25) is 5.91 Å². The summed E-state index contributed by atoms with van der Waals surface area (Å²) in [6.45, 7) is 5.56. The third-order valence-electron chi connectivity index (χ3n) is 5.22. The first-order valence-corrected chi connectivity index (χ1v) is 9.31. The Labute approximate surface area is 158 Å². The molecular weight excluding hydrogens is 343 g/mol. The molecule has 0 saturated carbocycles. The molecule has 1 amide bonds. The van der Waals surface area contributed by atoms with Crippen LogP contribution in [-0.4, -0.2) is 46.8 Å². The van der Waals surface area contributed by atoms with Gasteiger partial charge >= 0.3 is 0 Å². The van der Waals surface area contributed by atoms with Gasteiger partial charge in [0.05, 0.1) is 18.3 Å². The molecule has 1 aromatic heterocycles. The summed E-state index contributed by atoms with van der Waals surface area (Å²) in [5.41, 5.74) is 3.28. The van der Waals surface area contributed by atoms with Crippen LogP contribution in [0.2, 0.25) is 0 Å². The van der Waals surface area contributed by atoms with Crippen LogP contribution in [0.3, 0.4) is 0 Å². The van der Waals surface area contributed by atoms with Crippen molar-refractivity contribution < 1.29 is 9.18 Å². The highest BCUT2D eigenvalue weighted by Crippen LogP contribution is 2.19. The van der Waals surface area contributed by atoms with Crippen molar-refractivity contribution >= 4 is 22.5 Å². The van der Waals surface area contributed by atoms with Gasteiger partial charge in [0.1, 0.15) is 5.82 Å². The molecule has 0 unspecified atom stereocenters. The van der Waals surface area contributed by atoms with Crippen LogP contribution in [-0.2, 0) is 11.3 Å². The fourth-order valence-corrected chi connectivity index (χ4v) is 3.72. The van der Waals surface area contributed by atoms with Crippen LogP contribution in [0.4, 0.5) is 10.1 Å². The quantitative estimate of drug-likeness (QED) is 0.712. The highest BCUT2D eigenvalue weighted by molar-refractivity contribution is 5.82. The second kappa shape index (κ2) is 7.39. The van der Waals surface area contributed by atoms with E-state index in [4.69, 9.17) is 0 Å². The summed E-state index contributed by atoms with van der Waals surface area (Å²) >= 11 is 0. The van der Waals surface area contributed by atoms with Crippen LogP contribution in [0.15, 0.2) is 48.7 Å². The van der Waals surface area contributed by atoms with E-state index in [1.54, 1.807) is 12.1 Å². The van der Waals surface area contributed by atoms with Crippen molar-refractivity contribution in [1.29, 1.82) is 0 Å². The smallest absolute Gasteiger partial charge is 0.224 e. The second-order valence-electron chi connectivity index (χ2n) is 6.97. The van der Waals surface area contributed by atoms with Crippen LogP contribution in [0.25, 0.3) is 10.9 Å². The number of aromatic nitrogens is 2. The van der Waals surface area contributed by atoms with Gasteiger partial charge in [-0.25, -0.2) is 4.39 Å². The summed E-state index contributed by atoms with van der Waals surface area (Å²) in [7, 11) is 0. The normalized spacial score (nSPS) is 14.7. The van der Waals surface area contributed by atoms with E-state index in [2.05, 4.69) is 23.0 Å². The number of hydrogen-bond acceptors (Lipinski definition) is 3. The van der Waals surface area contributed by atoms with Gasteiger partial charge in [-0.05, 0) is 36.8 Å². The van der Waals surface area contributed by atoms with Crippen molar-refractivity contribution in [3.8, 4) is 0 Å². The molecule has 1 saturated heterocycles. The summed E-state index contributed by atoms with van der Waals surface area (Å²) in [6.07, 6.45) is 2.30. The third kappa shape index (κ3) is 3.65. The average molecular weight is 366 g/mol. The molecule has 0 N–H and O–H groups in total. The molecule has 3 aromatic rings. The lowest BCUT2D eigenvalue weighted by atomic mass is 10.2. The third-order valence-corrected chi connectivity index (χ3v) is 5.22. The van der Waals surface area contributed by atoms with Crippen molar-refractivity contribution in [1.82, 2.24) is 14.7 Å². The summed E-state index contributed by atoms with van der Waals surface area (Å²) in [6, 6.07) is 12.7. The van der Waals surface area contributed by atoms with E-state index in [-0.39, 0.29) is 11.7 Å². The Morgan fingerprint density at radius 3 is 2.56 bits per heavy atom. The zero-order valence-electron chi connectivity index (χ0n) is 15.4. The summed E-state index contributed by atoms with van der Waals surface area (Å²) in [5, 5.41) is 5.55. The Bertz CT molecular complexity index is 942. The maximum absolute atomic E-state index is 13.1. The summed E-state index contributed by atoms with van der Waals surface area (Å²) < 4.78 is 15.0. The number of aryl methyl sites for hydroxylation is 2. The number of piperazine rings is 1. The van der Waals surface area contributed by atoms with E-state index in [0.717, 1.165) is 29.7 Å². The van der Waals surface area contributed by atoms with Gasteiger partial charge in [-0.3, -0.25) is 9.48 Å². The number of fused-ring (bicyclic) bond motifs is 1. The highest BCUT2D eigenvalue weighted by atomic mass is 19.1. The molecule has 6 heteroatoms. The van der Waals surface area contributed by atoms with E-state index in [0.29, 0.717) is 26.1 Å². The Morgan fingerprint density at radius 1 is 1.07 bits per heavy atom. The number of hydrogen-bond donors (Lipinski definition) is 0. The van der Waals surface area contributed by atoms with E-state index in [1.807, 2.05) is 27.9 Å². The molecule has 4 rings (SSSR count). The lowest BCUT2D eigenvalue weighted by Gasteiger charge is -2.36. The lowest BCUT2D eigenvalue weighted by molar-refractivity contribution is -0.131. The fraction of sp³-hybridized carbons (Fsp3) is 0.333. The minimum atomic E-state index is -0.228. The second-order valence-corrected chi connectivity index (χ2v) is 6.97. The van der Waals surface area contributed by atoms with Crippen LogP contribution < -0.4 is 4.90 Å². The maximum Gasteiger partial charge on any atom is 0.224 e. The van der Waals surface area contributed by atoms with Gasteiger partial charge in [-0.15, -0.1) is 0 Å². The Kier molecular flexibility index (Phi) is 4.79. The van der Waals surface area contributed by atoms with E-state index >= 15 is 0 Å². The molecule has 2 heterocycles. The Hall–Kier alpha value is -2.89. The molecule has 1 fully saturated rings. The summed E-state index contributed by atoms with van der Waals surface area (Å²) in [4.78, 5) is 16.7. The molecular formula is C21H23FN4O. The van der Waals surface area contributed by atoms with Crippen molar-refractivity contribution in [3.63, 3.8) is 0 Å². The first-order chi connectivity index (χ1) is 13.1. The molecule has 0 radical (unpaired) electrons. The zero-order valence-corrected chi connectivity index (χ0v) is 15.4. The number of amides is 1. The molecule has 140 valence electrons. The number of carbonyl (C=O) groups is 1. The molecule has 0 spiro atoms. The van der Waals surface area contributed by atoms with Crippen LogP contribution >= 0.6 is 0 Å². The standard InChI is InChI=1S/C21H23FN4O/c1-16-3-2-4-17-15-23-26(21(16)17)10-9-20(27)25-13-11-24(12-14-25)19-7-5-18(22)6-8-19/h2-8,15H,9-14H2,1H3. The minimum absolute atomic E-state index is 0.158. The van der Waals surface area contributed by atoms with Crippen LogP contribution in [0.1, 0.15) is 12.0 Å². The van der Waals surface area contributed by atoms with Gasteiger partial charge < -0.3 is 9.80 Å².